The van der Waals surface area contributed by atoms with Crippen molar-refractivity contribution in [2.24, 2.45) is 0 Å². The number of rotatable bonds is 4. The van der Waals surface area contributed by atoms with Crippen LogP contribution >= 0.6 is 0 Å². The monoisotopic (exact) mass is 232 g/mol. The summed E-state index contributed by atoms with van der Waals surface area (Å²) in [6.07, 6.45) is 6.62. The van der Waals surface area contributed by atoms with Crippen molar-refractivity contribution < 1.29 is 9.90 Å². The number of hydrogen-bond acceptors (Lipinski definition) is 4. The van der Waals surface area contributed by atoms with Crippen molar-refractivity contribution in [2.75, 3.05) is 6.54 Å². The Morgan fingerprint density at radius 3 is 3.06 bits per heavy atom. The molecule has 2 rings (SSSR count). The van der Waals surface area contributed by atoms with E-state index in [1.807, 2.05) is 10.8 Å². The van der Waals surface area contributed by atoms with E-state index in [2.05, 4.69) is 15.3 Å². The average molecular weight is 232 g/mol. The van der Waals surface area contributed by atoms with Crippen molar-refractivity contribution in [2.45, 2.75) is 6.54 Å². The highest BCUT2D eigenvalue weighted by atomic mass is 16.3. The number of carbonyl (C=O) groups is 1. The first-order chi connectivity index (χ1) is 8.27. The van der Waals surface area contributed by atoms with Crippen LogP contribution in [0.2, 0.25) is 0 Å². The summed E-state index contributed by atoms with van der Waals surface area (Å²) in [6, 6.07) is 3.00. The molecule has 2 heterocycles. The first-order valence-corrected chi connectivity index (χ1v) is 5.15. The number of nitrogens with one attached hydrogen (secondary N) is 1. The minimum atomic E-state index is -0.386. The molecule has 6 heteroatoms. The number of pyridine rings is 1. The maximum absolute atomic E-state index is 11.6. The van der Waals surface area contributed by atoms with Gasteiger partial charge in [-0.25, -0.2) is 9.97 Å². The molecule has 0 aliphatic heterocycles. The first kappa shape index (κ1) is 11.1. The van der Waals surface area contributed by atoms with Gasteiger partial charge in [-0.3, -0.25) is 4.79 Å². The number of carbonyl (C=O) groups excluding carboxylic acids is 1. The van der Waals surface area contributed by atoms with Crippen molar-refractivity contribution in [3.05, 3.63) is 42.7 Å². The van der Waals surface area contributed by atoms with Crippen LogP contribution in [-0.4, -0.2) is 32.1 Å². The van der Waals surface area contributed by atoms with E-state index in [-0.39, 0.29) is 17.4 Å². The quantitative estimate of drug-likeness (QED) is 0.800. The molecule has 17 heavy (non-hydrogen) atoms. The van der Waals surface area contributed by atoms with Crippen LogP contribution in [-0.2, 0) is 6.54 Å². The third-order valence-electron chi connectivity index (χ3n) is 2.22. The van der Waals surface area contributed by atoms with E-state index in [1.54, 1.807) is 18.6 Å². The van der Waals surface area contributed by atoms with Gasteiger partial charge in [-0.05, 0) is 12.1 Å². The summed E-state index contributed by atoms with van der Waals surface area (Å²) >= 11 is 0. The van der Waals surface area contributed by atoms with Crippen LogP contribution in [0, 0.1) is 0 Å². The molecule has 0 spiro atoms. The predicted octanol–water partition coefficient (Wildman–Crippen LogP) is 0.414. The van der Waals surface area contributed by atoms with Crippen molar-refractivity contribution in [3.63, 3.8) is 0 Å². The molecule has 0 aliphatic carbocycles. The molecule has 2 N–H and O–H groups in total. The summed E-state index contributed by atoms with van der Waals surface area (Å²) in [5.41, 5.74) is 0.0399. The summed E-state index contributed by atoms with van der Waals surface area (Å²) in [7, 11) is 0. The fourth-order valence-corrected chi connectivity index (χ4v) is 1.37. The highest BCUT2D eigenvalue weighted by Gasteiger charge is 2.10. The van der Waals surface area contributed by atoms with E-state index in [0.29, 0.717) is 13.1 Å². The fraction of sp³-hybridized carbons (Fsp3) is 0.182. The minimum Gasteiger partial charge on any atom is -0.505 e. The van der Waals surface area contributed by atoms with Crippen LogP contribution in [0.5, 0.6) is 5.75 Å². The molecule has 6 nitrogen and oxygen atoms in total. The lowest BCUT2D eigenvalue weighted by Gasteiger charge is -2.06. The largest absolute Gasteiger partial charge is 0.505 e. The second-order valence-corrected chi connectivity index (χ2v) is 3.43. The topological polar surface area (TPSA) is 80.0 Å². The van der Waals surface area contributed by atoms with E-state index < -0.39 is 0 Å². The minimum absolute atomic E-state index is 0.0399. The molecular weight excluding hydrogens is 220 g/mol. The van der Waals surface area contributed by atoms with Gasteiger partial charge in [-0.15, -0.1) is 0 Å². The lowest BCUT2D eigenvalue weighted by atomic mass is 10.3. The van der Waals surface area contributed by atoms with Gasteiger partial charge < -0.3 is 15.0 Å². The van der Waals surface area contributed by atoms with Crippen molar-refractivity contribution in [1.29, 1.82) is 0 Å². The Hall–Kier alpha value is -2.37. The van der Waals surface area contributed by atoms with Crippen LogP contribution in [0.25, 0.3) is 0 Å². The van der Waals surface area contributed by atoms with Crippen LogP contribution in [0.4, 0.5) is 0 Å². The van der Waals surface area contributed by atoms with Crippen molar-refractivity contribution >= 4 is 5.91 Å². The molecule has 0 fully saturated rings. The van der Waals surface area contributed by atoms with Gasteiger partial charge in [0.2, 0.25) is 0 Å². The molecular formula is C11H12N4O2. The zero-order valence-corrected chi connectivity index (χ0v) is 9.08. The van der Waals surface area contributed by atoms with Gasteiger partial charge in [0.15, 0.2) is 5.69 Å². The van der Waals surface area contributed by atoms with E-state index in [1.165, 1.54) is 12.3 Å². The van der Waals surface area contributed by atoms with Gasteiger partial charge in [-0.2, -0.15) is 0 Å². The molecule has 0 aromatic carbocycles. The Morgan fingerprint density at radius 1 is 1.47 bits per heavy atom. The predicted molar refractivity (Wildman–Crippen MR) is 60.5 cm³/mol. The molecule has 0 saturated heterocycles. The number of aromatic hydroxyl groups is 1. The van der Waals surface area contributed by atoms with Gasteiger partial charge >= 0.3 is 0 Å². The summed E-state index contributed by atoms with van der Waals surface area (Å²) in [5, 5.41) is 12.1. The lowest BCUT2D eigenvalue weighted by Crippen LogP contribution is -2.27. The second kappa shape index (κ2) is 5.11. The van der Waals surface area contributed by atoms with E-state index in [9.17, 15) is 9.90 Å². The van der Waals surface area contributed by atoms with Crippen LogP contribution in [0.1, 0.15) is 10.5 Å². The molecule has 88 valence electrons. The molecule has 2 aromatic heterocycles. The Bertz CT molecular complexity index is 496. The maximum atomic E-state index is 11.6. The first-order valence-electron chi connectivity index (χ1n) is 5.15. The maximum Gasteiger partial charge on any atom is 0.273 e. The Balaban J connectivity index is 1.88. The normalized spacial score (nSPS) is 10.1. The molecule has 0 radical (unpaired) electrons. The molecule has 0 aliphatic rings. The third-order valence-corrected chi connectivity index (χ3v) is 2.22. The number of imidazole rings is 1. The van der Waals surface area contributed by atoms with E-state index in [4.69, 9.17) is 0 Å². The van der Waals surface area contributed by atoms with E-state index in [0.717, 1.165) is 0 Å². The number of aromatic nitrogens is 3. The third kappa shape index (κ3) is 2.81. The molecule has 0 bridgehead atoms. The standard InChI is InChI=1S/C11H12N4O2/c16-9-2-1-3-13-10(9)11(17)14-5-7-15-6-4-12-8-15/h1-4,6,8,16H,5,7H2,(H,14,17). The highest BCUT2D eigenvalue weighted by molar-refractivity contribution is 5.94. The van der Waals surface area contributed by atoms with Crippen LogP contribution in [0.15, 0.2) is 37.1 Å². The number of nitrogens with zero attached hydrogens (tertiary/aromatic N) is 3. The molecule has 0 unspecified atom stereocenters. The Labute approximate surface area is 97.9 Å². The number of amides is 1. The average Bonchev–Trinajstić information content (AvgIpc) is 2.82. The lowest BCUT2D eigenvalue weighted by molar-refractivity contribution is 0.0944. The number of hydrogen-bond donors (Lipinski definition) is 2. The Morgan fingerprint density at radius 2 is 2.35 bits per heavy atom. The second-order valence-electron chi connectivity index (χ2n) is 3.43. The summed E-state index contributed by atoms with van der Waals surface area (Å²) in [4.78, 5) is 19.3. The van der Waals surface area contributed by atoms with E-state index >= 15 is 0 Å². The molecule has 0 atom stereocenters. The zero-order chi connectivity index (χ0) is 12.1. The Kier molecular flexibility index (Phi) is 3.34. The molecule has 0 saturated carbocycles. The fourth-order valence-electron chi connectivity index (χ4n) is 1.37. The van der Waals surface area contributed by atoms with Gasteiger partial charge in [0.05, 0.1) is 6.33 Å². The molecule has 1 amide bonds. The van der Waals surface area contributed by atoms with Gasteiger partial charge in [0.25, 0.3) is 5.91 Å². The van der Waals surface area contributed by atoms with Crippen molar-refractivity contribution in [1.82, 2.24) is 19.9 Å². The van der Waals surface area contributed by atoms with Gasteiger partial charge in [-0.1, -0.05) is 0 Å². The molecule has 2 aromatic rings. The van der Waals surface area contributed by atoms with Gasteiger partial charge in [0, 0.05) is 31.7 Å². The highest BCUT2D eigenvalue weighted by Crippen LogP contribution is 2.11. The van der Waals surface area contributed by atoms with Crippen molar-refractivity contribution in [3.8, 4) is 5.75 Å². The summed E-state index contributed by atoms with van der Waals surface area (Å²) in [6.45, 7) is 1.07. The zero-order valence-electron chi connectivity index (χ0n) is 9.08. The smallest absolute Gasteiger partial charge is 0.273 e. The van der Waals surface area contributed by atoms with Gasteiger partial charge in [0.1, 0.15) is 5.75 Å². The summed E-state index contributed by atoms with van der Waals surface area (Å²) < 4.78 is 1.85. The van der Waals surface area contributed by atoms with Crippen LogP contribution < -0.4 is 5.32 Å². The SMILES string of the molecule is O=C(NCCn1ccnc1)c1ncccc1O. The summed E-state index contributed by atoms with van der Waals surface area (Å²) in [5.74, 6) is -0.504. The van der Waals surface area contributed by atoms with Crippen LogP contribution in [0.3, 0.4) is 0 Å².